The highest BCUT2D eigenvalue weighted by Gasteiger charge is 2.46. The van der Waals surface area contributed by atoms with Crippen LogP contribution in [0.1, 0.15) is 53.4 Å². The molecule has 0 radical (unpaired) electrons. The van der Waals surface area contributed by atoms with Gasteiger partial charge in [-0.3, -0.25) is 19.3 Å². The fourth-order valence-electron chi connectivity index (χ4n) is 2.35. The second kappa shape index (κ2) is 7.91. The molecular formula is C15H25N3O4. The van der Waals surface area contributed by atoms with Gasteiger partial charge in [-0.2, -0.15) is 0 Å². The van der Waals surface area contributed by atoms with Gasteiger partial charge in [-0.05, 0) is 27.2 Å². The normalized spacial score (nSPS) is 16.7. The summed E-state index contributed by atoms with van der Waals surface area (Å²) in [6.45, 7) is 6.85. The third-order valence-corrected chi connectivity index (χ3v) is 3.55. The van der Waals surface area contributed by atoms with Crippen LogP contribution in [-0.2, 0) is 14.4 Å². The van der Waals surface area contributed by atoms with Gasteiger partial charge in [0.1, 0.15) is 6.54 Å². The van der Waals surface area contributed by atoms with Crippen molar-refractivity contribution in [2.75, 3.05) is 6.54 Å². The molecule has 0 bridgehead atoms. The summed E-state index contributed by atoms with van der Waals surface area (Å²) < 4.78 is 0. The van der Waals surface area contributed by atoms with E-state index < -0.39 is 36.3 Å². The molecule has 7 nitrogen and oxygen atoms in total. The van der Waals surface area contributed by atoms with E-state index in [2.05, 4.69) is 12.2 Å². The molecule has 1 saturated heterocycles. The molecule has 1 rings (SSSR count). The Morgan fingerprint density at radius 1 is 1.09 bits per heavy atom. The van der Waals surface area contributed by atoms with Gasteiger partial charge in [0.15, 0.2) is 0 Å². The summed E-state index contributed by atoms with van der Waals surface area (Å²) in [4.78, 5) is 49.1. The Bertz CT molecular complexity index is 462. The average Bonchev–Trinajstić information content (AvgIpc) is 2.63. The minimum atomic E-state index is -0.938. The molecule has 5 amide bonds. The number of carbonyl (C=O) groups is 4. The molecule has 7 heteroatoms. The number of nitrogens with zero attached hydrogens (tertiary/aromatic N) is 2. The molecule has 0 aromatic rings. The van der Waals surface area contributed by atoms with Crippen molar-refractivity contribution in [1.82, 2.24) is 15.1 Å². The monoisotopic (exact) mass is 311 g/mol. The van der Waals surface area contributed by atoms with Crippen LogP contribution in [0.2, 0.25) is 0 Å². The van der Waals surface area contributed by atoms with Crippen molar-refractivity contribution in [3.05, 3.63) is 0 Å². The number of carbonyl (C=O) groups excluding carboxylic acids is 4. The van der Waals surface area contributed by atoms with Crippen LogP contribution in [0.4, 0.5) is 4.79 Å². The van der Waals surface area contributed by atoms with Crippen molar-refractivity contribution in [1.29, 1.82) is 0 Å². The number of hydrogen-bond donors (Lipinski definition) is 1. The Hall–Kier alpha value is -1.92. The Morgan fingerprint density at radius 3 is 2.23 bits per heavy atom. The lowest BCUT2D eigenvalue weighted by molar-refractivity contribution is -0.144. The molecule has 0 aliphatic carbocycles. The van der Waals surface area contributed by atoms with Gasteiger partial charge in [0, 0.05) is 12.1 Å². The predicted molar refractivity (Wildman–Crippen MR) is 80.8 cm³/mol. The molecule has 0 saturated carbocycles. The zero-order chi connectivity index (χ0) is 16.9. The van der Waals surface area contributed by atoms with Gasteiger partial charge in [-0.25, -0.2) is 9.69 Å². The number of urea groups is 1. The molecule has 1 heterocycles. The number of nitrogens with one attached hydrogen (secondary N) is 1. The first-order valence-corrected chi connectivity index (χ1v) is 7.77. The van der Waals surface area contributed by atoms with Crippen LogP contribution in [0.25, 0.3) is 0 Å². The number of hydrogen-bond acceptors (Lipinski definition) is 4. The number of amides is 5. The SMILES string of the molecule is CCCCCC(C)NC(=O)CN1C(=O)C(=O)N(C(C)C)C1=O. The lowest BCUT2D eigenvalue weighted by Crippen LogP contribution is -2.44. The highest BCUT2D eigenvalue weighted by Crippen LogP contribution is 2.15. The van der Waals surface area contributed by atoms with Gasteiger partial charge >= 0.3 is 17.8 Å². The van der Waals surface area contributed by atoms with Gasteiger partial charge < -0.3 is 5.32 Å². The topological polar surface area (TPSA) is 86.8 Å². The fraction of sp³-hybridized carbons (Fsp3) is 0.733. The number of imide groups is 2. The summed E-state index contributed by atoms with van der Waals surface area (Å²) in [5, 5.41) is 2.75. The Labute approximate surface area is 131 Å². The zero-order valence-electron chi connectivity index (χ0n) is 13.7. The second-order valence-electron chi connectivity index (χ2n) is 5.91. The molecule has 0 aromatic carbocycles. The van der Waals surface area contributed by atoms with Crippen LogP contribution in [0.5, 0.6) is 0 Å². The van der Waals surface area contributed by atoms with Crippen LogP contribution >= 0.6 is 0 Å². The van der Waals surface area contributed by atoms with Crippen molar-refractivity contribution >= 4 is 23.8 Å². The molecule has 22 heavy (non-hydrogen) atoms. The van der Waals surface area contributed by atoms with Crippen LogP contribution in [0, 0.1) is 0 Å². The Kier molecular flexibility index (Phi) is 6.52. The van der Waals surface area contributed by atoms with Crippen LogP contribution in [0.3, 0.4) is 0 Å². The first-order valence-electron chi connectivity index (χ1n) is 7.77. The lowest BCUT2D eigenvalue weighted by Gasteiger charge is -2.19. The Morgan fingerprint density at radius 2 is 1.73 bits per heavy atom. The largest absolute Gasteiger partial charge is 0.352 e. The second-order valence-corrected chi connectivity index (χ2v) is 5.91. The molecular weight excluding hydrogens is 286 g/mol. The van der Waals surface area contributed by atoms with E-state index in [9.17, 15) is 19.2 Å². The summed E-state index contributed by atoms with van der Waals surface area (Å²) in [6, 6.07) is -1.16. The number of unbranched alkanes of at least 4 members (excludes halogenated alkanes) is 2. The molecule has 0 aromatic heterocycles. The summed E-state index contributed by atoms with van der Waals surface area (Å²) in [5.41, 5.74) is 0. The molecule has 0 spiro atoms. The van der Waals surface area contributed by atoms with E-state index >= 15 is 0 Å². The van der Waals surface area contributed by atoms with Gasteiger partial charge in [0.25, 0.3) is 0 Å². The van der Waals surface area contributed by atoms with Crippen molar-refractivity contribution in [2.24, 2.45) is 0 Å². The molecule has 1 unspecified atom stereocenters. The lowest BCUT2D eigenvalue weighted by atomic mass is 10.1. The van der Waals surface area contributed by atoms with E-state index in [1.54, 1.807) is 13.8 Å². The maximum absolute atomic E-state index is 12.0. The van der Waals surface area contributed by atoms with Crippen molar-refractivity contribution in [3.8, 4) is 0 Å². The summed E-state index contributed by atoms with van der Waals surface area (Å²) in [7, 11) is 0. The van der Waals surface area contributed by atoms with Crippen LogP contribution in [-0.4, -0.2) is 52.2 Å². The third-order valence-electron chi connectivity index (χ3n) is 3.55. The van der Waals surface area contributed by atoms with Crippen molar-refractivity contribution < 1.29 is 19.2 Å². The standard InChI is InChI=1S/C15H25N3O4/c1-5-6-7-8-11(4)16-12(19)9-17-13(20)14(21)18(10(2)3)15(17)22/h10-11H,5-9H2,1-4H3,(H,16,19). The maximum atomic E-state index is 12.0. The third kappa shape index (κ3) is 4.29. The van der Waals surface area contributed by atoms with Crippen molar-refractivity contribution in [3.63, 3.8) is 0 Å². The first kappa shape index (κ1) is 18.1. The molecule has 1 atom stereocenters. The minimum absolute atomic E-state index is 0.0243. The van der Waals surface area contributed by atoms with Crippen LogP contribution in [0.15, 0.2) is 0 Å². The van der Waals surface area contributed by atoms with E-state index in [0.29, 0.717) is 4.90 Å². The summed E-state index contributed by atoms with van der Waals surface area (Å²) >= 11 is 0. The molecule has 124 valence electrons. The maximum Gasteiger partial charge on any atom is 0.334 e. The van der Waals surface area contributed by atoms with Crippen LogP contribution < -0.4 is 5.32 Å². The first-order chi connectivity index (χ1) is 10.3. The smallest absolute Gasteiger partial charge is 0.334 e. The summed E-state index contributed by atoms with van der Waals surface area (Å²) in [6.07, 6.45) is 4.06. The van der Waals surface area contributed by atoms with E-state index in [-0.39, 0.29) is 6.04 Å². The Balaban J connectivity index is 2.55. The van der Waals surface area contributed by atoms with Gasteiger partial charge in [-0.1, -0.05) is 26.2 Å². The van der Waals surface area contributed by atoms with Gasteiger partial charge in [-0.15, -0.1) is 0 Å². The quantitative estimate of drug-likeness (QED) is 0.415. The number of rotatable bonds is 8. The molecule has 1 fully saturated rings. The predicted octanol–water partition coefficient (Wildman–Crippen LogP) is 1.27. The highest BCUT2D eigenvalue weighted by molar-refractivity contribution is 6.45. The minimum Gasteiger partial charge on any atom is -0.352 e. The summed E-state index contributed by atoms with van der Waals surface area (Å²) in [5.74, 6) is -2.24. The van der Waals surface area contributed by atoms with Gasteiger partial charge in [0.2, 0.25) is 5.91 Å². The van der Waals surface area contributed by atoms with E-state index in [4.69, 9.17) is 0 Å². The highest BCUT2D eigenvalue weighted by atomic mass is 16.2. The van der Waals surface area contributed by atoms with Gasteiger partial charge in [0.05, 0.1) is 0 Å². The zero-order valence-corrected chi connectivity index (χ0v) is 13.7. The fourth-order valence-corrected chi connectivity index (χ4v) is 2.35. The van der Waals surface area contributed by atoms with E-state index in [1.165, 1.54) is 0 Å². The average molecular weight is 311 g/mol. The van der Waals surface area contributed by atoms with E-state index in [0.717, 1.165) is 30.6 Å². The molecule has 1 aliphatic rings. The van der Waals surface area contributed by atoms with Crippen molar-refractivity contribution in [2.45, 2.75) is 65.5 Å². The molecule has 1 N–H and O–H groups in total. The molecule has 1 aliphatic heterocycles. The van der Waals surface area contributed by atoms with E-state index in [1.807, 2.05) is 6.92 Å².